The third-order valence-corrected chi connectivity index (χ3v) is 2.08. The van der Waals surface area contributed by atoms with Gasteiger partial charge in [0.2, 0.25) is 0 Å². The fourth-order valence-corrected chi connectivity index (χ4v) is 1.57. The van der Waals surface area contributed by atoms with E-state index in [2.05, 4.69) is 11.9 Å². The summed E-state index contributed by atoms with van der Waals surface area (Å²) in [5, 5.41) is 4.06. The van der Waals surface area contributed by atoms with Crippen LogP contribution in [0.15, 0.2) is 24.8 Å². The van der Waals surface area contributed by atoms with Crippen molar-refractivity contribution in [3.63, 3.8) is 0 Å². The third kappa shape index (κ3) is 2.54. The summed E-state index contributed by atoms with van der Waals surface area (Å²) in [5.41, 5.74) is 6.79. The van der Waals surface area contributed by atoms with Gasteiger partial charge in [-0.15, -0.1) is 6.58 Å². The molecule has 0 radical (unpaired) electrons. The van der Waals surface area contributed by atoms with Gasteiger partial charge in [-0.3, -0.25) is 0 Å². The first kappa shape index (κ1) is 10.2. The minimum absolute atomic E-state index is 0.520. The molecule has 0 aliphatic rings. The van der Waals surface area contributed by atoms with Gasteiger partial charge >= 0.3 is 0 Å². The van der Waals surface area contributed by atoms with Crippen molar-refractivity contribution in [1.29, 1.82) is 0 Å². The molecule has 0 fully saturated rings. The SMILES string of the molecule is C=CCNc1c(Cl)cc(N)cc1Cl. The van der Waals surface area contributed by atoms with Crippen molar-refractivity contribution >= 4 is 34.6 Å². The molecule has 1 aromatic carbocycles. The second-order valence-electron chi connectivity index (χ2n) is 2.53. The number of benzene rings is 1. The first-order chi connectivity index (χ1) is 6.15. The molecular weight excluding hydrogens is 207 g/mol. The van der Waals surface area contributed by atoms with E-state index in [0.29, 0.717) is 28.0 Å². The normalized spacial score (nSPS) is 9.69. The highest BCUT2D eigenvalue weighted by molar-refractivity contribution is 6.39. The van der Waals surface area contributed by atoms with Crippen LogP contribution in [0.4, 0.5) is 11.4 Å². The van der Waals surface area contributed by atoms with Crippen LogP contribution in [-0.4, -0.2) is 6.54 Å². The number of nitrogen functional groups attached to an aromatic ring is 1. The van der Waals surface area contributed by atoms with Gasteiger partial charge in [-0.05, 0) is 12.1 Å². The Hall–Kier alpha value is -0.860. The van der Waals surface area contributed by atoms with E-state index < -0.39 is 0 Å². The second kappa shape index (κ2) is 4.40. The van der Waals surface area contributed by atoms with Crippen molar-refractivity contribution in [2.24, 2.45) is 0 Å². The number of halogens is 2. The van der Waals surface area contributed by atoms with Crippen molar-refractivity contribution in [3.8, 4) is 0 Å². The maximum absolute atomic E-state index is 5.91. The fraction of sp³-hybridized carbons (Fsp3) is 0.111. The average molecular weight is 217 g/mol. The van der Waals surface area contributed by atoms with E-state index in [1.807, 2.05) is 0 Å². The summed E-state index contributed by atoms with van der Waals surface area (Å²) in [4.78, 5) is 0. The van der Waals surface area contributed by atoms with Gasteiger partial charge in [0.15, 0.2) is 0 Å². The molecule has 0 aromatic heterocycles. The van der Waals surface area contributed by atoms with Gasteiger partial charge in [0.1, 0.15) is 0 Å². The zero-order valence-electron chi connectivity index (χ0n) is 6.98. The predicted molar refractivity (Wildman–Crippen MR) is 59.6 cm³/mol. The second-order valence-corrected chi connectivity index (χ2v) is 3.34. The highest BCUT2D eigenvalue weighted by atomic mass is 35.5. The van der Waals surface area contributed by atoms with E-state index in [0.717, 1.165) is 0 Å². The monoisotopic (exact) mass is 216 g/mol. The maximum Gasteiger partial charge on any atom is 0.0722 e. The van der Waals surface area contributed by atoms with Crippen LogP contribution in [0.2, 0.25) is 10.0 Å². The highest BCUT2D eigenvalue weighted by Gasteiger charge is 2.05. The Morgan fingerprint density at radius 2 is 1.92 bits per heavy atom. The fourth-order valence-electron chi connectivity index (χ4n) is 0.936. The molecule has 0 saturated carbocycles. The number of hydrogen-bond donors (Lipinski definition) is 2. The van der Waals surface area contributed by atoms with Crippen LogP contribution in [0.25, 0.3) is 0 Å². The van der Waals surface area contributed by atoms with Crippen molar-refractivity contribution in [2.75, 3.05) is 17.6 Å². The largest absolute Gasteiger partial charge is 0.399 e. The highest BCUT2D eigenvalue weighted by Crippen LogP contribution is 2.32. The number of rotatable bonds is 3. The van der Waals surface area contributed by atoms with Crippen molar-refractivity contribution in [3.05, 3.63) is 34.8 Å². The molecule has 0 atom stereocenters. The van der Waals surface area contributed by atoms with Gasteiger partial charge in [-0.2, -0.15) is 0 Å². The maximum atomic E-state index is 5.91. The molecule has 0 bridgehead atoms. The molecule has 0 aliphatic carbocycles. The molecule has 0 heterocycles. The molecule has 70 valence electrons. The summed E-state index contributed by atoms with van der Waals surface area (Å²) in [5.74, 6) is 0. The van der Waals surface area contributed by atoms with E-state index in [4.69, 9.17) is 28.9 Å². The molecular formula is C9H10Cl2N2. The summed E-state index contributed by atoms with van der Waals surface area (Å²) in [7, 11) is 0. The molecule has 0 spiro atoms. The van der Waals surface area contributed by atoms with E-state index >= 15 is 0 Å². The van der Waals surface area contributed by atoms with Crippen LogP contribution in [0.3, 0.4) is 0 Å². The summed E-state index contributed by atoms with van der Waals surface area (Å²) < 4.78 is 0. The molecule has 13 heavy (non-hydrogen) atoms. The number of nitrogens with two attached hydrogens (primary N) is 1. The quantitative estimate of drug-likeness (QED) is 0.602. The molecule has 2 nitrogen and oxygen atoms in total. The van der Waals surface area contributed by atoms with E-state index in [1.54, 1.807) is 18.2 Å². The van der Waals surface area contributed by atoms with Crippen LogP contribution in [-0.2, 0) is 0 Å². The van der Waals surface area contributed by atoms with Gasteiger partial charge in [0.25, 0.3) is 0 Å². The van der Waals surface area contributed by atoms with Crippen LogP contribution >= 0.6 is 23.2 Å². The molecule has 4 heteroatoms. The predicted octanol–water partition coefficient (Wildman–Crippen LogP) is 3.17. The Morgan fingerprint density at radius 3 is 2.38 bits per heavy atom. The number of hydrogen-bond acceptors (Lipinski definition) is 2. The van der Waals surface area contributed by atoms with Crippen molar-refractivity contribution in [1.82, 2.24) is 0 Å². The summed E-state index contributed by atoms with van der Waals surface area (Å²) in [6.45, 7) is 4.19. The molecule has 3 N–H and O–H groups in total. The standard InChI is InChI=1S/C9H10Cl2N2/c1-2-3-13-9-7(10)4-6(12)5-8(9)11/h2,4-5,13H,1,3,12H2. The number of nitrogens with one attached hydrogen (secondary N) is 1. The Balaban J connectivity index is 2.98. The van der Waals surface area contributed by atoms with Gasteiger partial charge in [0, 0.05) is 12.2 Å². The van der Waals surface area contributed by atoms with Crippen LogP contribution in [0.1, 0.15) is 0 Å². The summed E-state index contributed by atoms with van der Waals surface area (Å²) >= 11 is 11.8. The molecule has 0 amide bonds. The molecule has 0 unspecified atom stereocenters. The van der Waals surface area contributed by atoms with Crippen molar-refractivity contribution in [2.45, 2.75) is 0 Å². The third-order valence-electron chi connectivity index (χ3n) is 1.49. The summed E-state index contributed by atoms with van der Waals surface area (Å²) in [6, 6.07) is 3.30. The smallest absolute Gasteiger partial charge is 0.0722 e. The Kier molecular flexibility index (Phi) is 3.46. The Morgan fingerprint density at radius 1 is 1.38 bits per heavy atom. The van der Waals surface area contributed by atoms with Gasteiger partial charge in [-0.1, -0.05) is 29.3 Å². The van der Waals surface area contributed by atoms with Gasteiger partial charge in [0.05, 0.1) is 15.7 Å². The first-order valence-electron chi connectivity index (χ1n) is 3.74. The average Bonchev–Trinajstić information content (AvgIpc) is 2.02. The lowest BCUT2D eigenvalue weighted by Crippen LogP contribution is -1.99. The van der Waals surface area contributed by atoms with Crippen LogP contribution in [0.5, 0.6) is 0 Å². The molecule has 1 aromatic rings. The summed E-state index contributed by atoms with van der Waals surface area (Å²) in [6.07, 6.45) is 1.73. The Labute approximate surface area is 87.3 Å². The van der Waals surface area contributed by atoms with Gasteiger partial charge < -0.3 is 11.1 Å². The van der Waals surface area contributed by atoms with Crippen LogP contribution in [0, 0.1) is 0 Å². The van der Waals surface area contributed by atoms with E-state index in [-0.39, 0.29) is 0 Å². The first-order valence-corrected chi connectivity index (χ1v) is 4.50. The minimum Gasteiger partial charge on any atom is -0.399 e. The Bertz CT molecular complexity index is 300. The van der Waals surface area contributed by atoms with Crippen LogP contribution < -0.4 is 11.1 Å². The number of anilines is 2. The van der Waals surface area contributed by atoms with Gasteiger partial charge in [-0.25, -0.2) is 0 Å². The molecule has 0 aliphatic heterocycles. The minimum atomic E-state index is 0.520. The lowest BCUT2D eigenvalue weighted by Gasteiger charge is -2.08. The lowest BCUT2D eigenvalue weighted by molar-refractivity contribution is 1.34. The van der Waals surface area contributed by atoms with E-state index in [1.165, 1.54) is 0 Å². The zero-order valence-corrected chi connectivity index (χ0v) is 8.49. The molecule has 0 saturated heterocycles. The van der Waals surface area contributed by atoms with Crippen molar-refractivity contribution < 1.29 is 0 Å². The molecule has 1 rings (SSSR count). The van der Waals surface area contributed by atoms with E-state index in [9.17, 15) is 0 Å². The topological polar surface area (TPSA) is 38.0 Å². The zero-order chi connectivity index (χ0) is 9.84. The lowest BCUT2D eigenvalue weighted by atomic mass is 10.3.